The first kappa shape index (κ1) is 14.5. The summed E-state index contributed by atoms with van der Waals surface area (Å²) in [4.78, 5) is 4.26. The van der Waals surface area contributed by atoms with E-state index < -0.39 is 5.60 Å². The van der Waals surface area contributed by atoms with E-state index >= 15 is 0 Å². The molecule has 0 bridgehead atoms. The molecule has 1 aromatic heterocycles. The molecular formula is C14H19N3O3. The molecule has 0 saturated carbocycles. The van der Waals surface area contributed by atoms with Crippen molar-refractivity contribution in [2.75, 3.05) is 13.7 Å². The predicted octanol–water partition coefficient (Wildman–Crippen LogP) is 0.921. The van der Waals surface area contributed by atoms with Crippen LogP contribution in [0.4, 0.5) is 0 Å². The van der Waals surface area contributed by atoms with Gasteiger partial charge in [-0.3, -0.25) is 0 Å². The summed E-state index contributed by atoms with van der Waals surface area (Å²) in [7, 11) is 1.63. The van der Waals surface area contributed by atoms with E-state index in [4.69, 9.17) is 15.0 Å². The Labute approximate surface area is 117 Å². The van der Waals surface area contributed by atoms with Gasteiger partial charge in [-0.05, 0) is 24.6 Å². The van der Waals surface area contributed by atoms with Crippen molar-refractivity contribution in [3.63, 3.8) is 0 Å². The van der Waals surface area contributed by atoms with Crippen LogP contribution < -0.4 is 10.5 Å². The number of nitrogens with zero attached hydrogens (tertiary/aromatic N) is 2. The molecule has 0 radical (unpaired) electrons. The highest BCUT2D eigenvalue weighted by Gasteiger charge is 2.22. The predicted molar refractivity (Wildman–Crippen MR) is 73.5 cm³/mol. The summed E-state index contributed by atoms with van der Waals surface area (Å²) in [5, 5.41) is 13.8. The molecule has 1 heterocycles. The van der Waals surface area contributed by atoms with E-state index in [9.17, 15) is 5.11 Å². The molecule has 108 valence electrons. The largest absolute Gasteiger partial charge is 0.497 e. The monoisotopic (exact) mass is 277 g/mol. The Hall–Kier alpha value is -1.92. The summed E-state index contributed by atoms with van der Waals surface area (Å²) < 4.78 is 10.2. The van der Waals surface area contributed by atoms with Crippen molar-refractivity contribution in [1.29, 1.82) is 0 Å². The van der Waals surface area contributed by atoms with Gasteiger partial charge in [0, 0.05) is 13.0 Å². The van der Waals surface area contributed by atoms with Crippen molar-refractivity contribution in [1.82, 2.24) is 10.1 Å². The molecule has 20 heavy (non-hydrogen) atoms. The van der Waals surface area contributed by atoms with Crippen molar-refractivity contribution < 1.29 is 14.4 Å². The van der Waals surface area contributed by atoms with E-state index in [0.717, 1.165) is 11.3 Å². The fraction of sp³-hybridized carbons (Fsp3) is 0.429. The molecule has 0 amide bonds. The minimum absolute atomic E-state index is 0.142. The molecule has 1 atom stereocenters. The molecule has 6 nitrogen and oxygen atoms in total. The lowest BCUT2D eigenvalue weighted by molar-refractivity contribution is 0.0610. The fourth-order valence-electron chi connectivity index (χ4n) is 1.76. The summed E-state index contributed by atoms with van der Waals surface area (Å²) in [5.41, 5.74) is 5.50. The van der Waals surface area contributed by atoms with Crippen LogP contribution in [-0.4, -0.2) is 34.5 Å². The molecule has 1 unspecified atom stereocenters. The topological polar surface area (TPSA) is 94.4 Å². The van der Waals surface area contributed by atoms with Crippen LogP contribution in [-0.2, 0) is 12.8 Å². The maximum atomic E-state index is 9.87. The van der Waals surface area contributed by atoms with E-state index in [-0.39, 0.29) is 13.0 Å². The Morgan fingerprint density at radius 1 is 1.35 bits per heavy atom. The highest BCUT2D eigenvalue weighted by molar-refractivity contribution is 5.28. The summed E-state index contributed by atoms with van der Waals surface area (Å²) in [5.74, 6) is 1.78. The van der Waals surface area contributed by atoms with Gasteiger partial charge in [0.1, 0.15) is 5.75 Å². The van der Waals surface area contributed by atoms with Gasteiger partial charge in [0.15, 0.2) is 5.82 Å². The average molecular weight is 277 g/mol. The quantitative estimate of drug-likeness (QED) is 0.815. The minimum atomic E-state index is -1.02. The van der Waals surface area contributed by atoms with Gasteiger partial charge in [0.2, 0.25) is 5.89 Å². The Morgan fingerprint density at radius 2 is 2.05 bits per heavy atom. The van der Waals surface area contributed by atoms with Crippen LogP contribution in [0.1, 0.15) is 24.2 Å². The van der Waals surface area contributed by atoms with Gasteiger partial charge < -0.3 is 20.1 Å². The number of aromatic nitrogens is 2. The molecule has 0 spiro atoms. The van der Waals surface area contributed by atoms with E-state index in [1.807, 2.05) is 24.3 Å². The number of methoxy groups -OCH3 is 1. The average Bonchev–Trinajstić information content (AvgIpc) is 2.86. The van der Waals surface area contributed by atoms with E-state index in [2.05, 4.69) is 10.1 Å². The molecule has 0 saturated heterocycles. The molecular weight excluding hydrogens is 258 g/mol. The second kappa shape index (κ2) is 6.02. The first-order valence-electron chi connectivity index (χ1n) is 6.39. The van der Waals surface area contributed by atoms with Crippen LogP contribution in [0.2, 0.25) is 0 Å². The second-order valence-corrected chi connectivity index (χ2v) is 5.01. The normalized spacial score (nSPS) is 14.0. The zero-order chi connectivity index (χ0) is 14.6. The number of nitrogens with two attached hydrogens (primary N) is 1. The molecule has 3 N–H and O–H groups in total. The van der Waals surface area contributed by atoms with Gasteiger partial charge >= 0.3 is 0 Å². The van der Waals surface area contributed by atoms with Gasteiger partial charge in [0.25, 0.3) is 0 Å². The fourth-order valence-corrected chi connectivity index (χ4v) is 1.76. The van der Waals surface area contributed by atoms with Gasteiger partial charge in [-0.2, -0.15) is 4.98 Å². The highest BCUT2D eigenvalue weighted by Crippen LogP contribution is 2.15. The summed E-state index contributed by atoms with van der Waals surface area (Å²) in [6.07, 6.45) is 0.817. The van der Waals surface area contributed by atoms with Crippen LogP contribution in [0, 0.1) is 0 Å². The Kier molecular flexibility index (Phi) is 4.36. The molecule has 0 aliphatic rings. The van der Waals surface area contributed by atoms with Gasteiger partial charge in [-0.15, -0.1) is 0 Å². The van der Waals surface area contributed by atoms with E-state index in [0.29, 0.717) is 18.1 Å². The summed E-state index contributed by atoms with van der Waals surface area (Å²) >= 11 is 0. The third-order valence-corrected chi connectivity index (χ3v) is 3.00. The Morgan fingerprint density at radius 3 is 2.65 bits per heavy atom. The molecule has 2 rings (SSSR count). The van der Waals surface area contributed by atoms with Gasteiger partial charge in [0.05, 0.1) is 19.1 Å². The lowest BCUT2D eigenvalue weighted by Crippen LogP contribution is -2.36. The smallest absolute Gasteiger partial charge is 0.229 e. The standard InChI is InChI=1S/C14H19N3O3/c1-14(18,9-15)8-13-16-12(17-20-13)7-10-3-5-11(19-2)6-4-10/h3-6,18H,7-9,15H2,1-2H3. The van der Waals surface area contributed by atoms with E-state index in [1.54, 1.807) is 14.0 Å². The molecule has 1 aromatic carbocycles. The lowest BCUT2D eigenvalue weighted by atomic mass is 10.0. The number of benzene rings is 1. The van der Waals surface area contributed by atoms with Gasteiger partial charge in [-0.1, -0.05) is 17.3 Å². The van der Waals surface area contributed by atoms with Crippen molar-refractivity contribution in [2.24, 2.45) is 5.73 Å². The second-order valence-electron chi connectivity index (χ2n) is 5.01. The van der Waals surface area contributed by atoms with Crippen molar-refractivity contribution >= 4 is 0 Å². The molecule has 0 aliphatic heterocycles. The molecule has 0 fully saturated rings. The molecule has 0 aliphatic carbocycles. The zero-order valence-corrected chi connectivity index (χ0v) is 11.7. The van der Waals surface area contributed by atoms with Crippen LogP contribution in [0.5, 0.6) is 5.75 Å². The lowest BCUT2D eigenvalue weighted by Gasteiger charge is -2.17. The van der Waals surface area contributed by atoms with Crippen molar-refractivity contribution in [3.05, 3.63) is 41.5 Å². The molecule has 6 heteroatoms. The van der Waals surface area contributed by atoms with Crippen LogP contribution in [0.3, 0.4) is 0 Å². The third-order valence-electron chi connectivity index (χ3n) is 3.00. The number of rotatable bonds is 6. The highest BCUT2D eigenvalue weighted by atomic mass is 16.5. The maximum Gasteiger partial charge on any atom is 0.229 e. The van der Waals surface area contributed by atoms with Crippen LogP contribution in [0.25, 0.3) is 0 Å². The van der Waals surface area contributed by atoms with Crippen LogP contribution in [0.15, 0.2) is 28.8 Å². The number of hydrogen-bond donors (Lipinski definition) is 2. The Bertz CT molecular complexity index is 549. The summed E-state index contributed by atoms with van der Waals surface area (Å²) in [6, 6.07) is 7.67. The maximum absolute atomic E-state index is 9.87. The summed E-state index contributed by atoms with van der Waals surface area (Å²) in [6.45, 7) is 1.78. The zero-order valence-electron chi connectivity index (χ0n) is 11.7. The molecule has 2 aromatic rings. The number of hydrogen-bond acceptors (Lipinski definition) is 6. The van der Waals surface area contributed by atoms with Gasteiger partial charge in [-0.25, -0.2) is 0 Å². The first-order valence-corrected chi connectivity index (χ1v) is 6.39. The SMILES string of the molecule is COc1ccc(Cc2noc(CC(C)(O)CN)n2)cc1. The van der Waals surface area contributed by atoms with Crippen LogP contribution >= 0.6 is 0 Å². The third kappa shape index (κ3) is 3.79. The number of ether oxygens (including phenoxy) is 1. The number of aliphatic hydroxyl groups is 1. The Balaban J connectivity index is 2.01. The van der Waals surface area contributed by atoms with Crippen molar-refractivity contribution in [2.45, 2.75) is 25.4 Å². The minimum Gasteiger partial charge on any atom is -0.497 e. The first-order chi connectivity index (χ1) is 9.52. The van der Waals surface area contributed by atoms with Crippen molar-refractivity contribution in [3.8, 4) is 5.75 Å². The van der Waals surface area contributed by atoms with E-state index in [1.165, 1.54) is 0 Å².